The quantitative estimate of drug-likeness (QED) is 0.326. The molecule has 1 unspecified atom stereocenters. The summed E-state index contributed by atoms with van der Waals surface area (Å²) >= 11 is 0. The van der Waals surface area contributed by atoms with Gasteiger partial charge in [-0.05, 0) is 28.8 Å². The highest BCUT2D eigenvalue weighted by molar-refractivity contribution is 5.91. The molecule has 0 saturated heterocycles. The van der Waals surface area contributed by atoms with E-state index in [4.69, 9.17) is 9.47 Å². The molecule has 1 aromatic heterocycles. The van der Waals surface area contributed by atoms with Gasteiger partial charge in [-0.25, -0.2) is 4.79 Å². The first kappa shape index (κ1) is 22.9. The van der Waals surface area contributed by atoms with Crippen molar-refractivity contribution < 1.29 is 24.2 Å². The van der Waals surface area contributed by atoms with Gasteiger partial charge in [0.25, 0.3) is 0 Å². The van der Waals surface area contributed by atoms with Gasteiger partial charge in [0.15, 0.2) is 11.5 Å². The SMILES string of the molecule is CC(=O)NC(Cc1c[nH]c2c(OCc3ccccc3)c(OCc3ccccc3)ccc12)C(=O)O. The normalized spacial score (nSPS) is 11.7. The topological polar surface area (TPSA) is 101 Å². The number of rotatable bonds is 10. The van der Waals surface area contributed by atoms with Gasteiger partial charge in [-0.15, -0.1) is 0 Å². The van der Waals surface area contributed by atoms with E-state index in [9.17, 15) is 14.7 Å². The van der Waals surface area contributed by atoms with Crippen molar-refractivity contribution >= 4 is 22.8 Å². The van der Waals surface area contributed by atoms with Crippen molar-refractivity contribution in [2.24, 2.45) is 0 Å². The molecule has 4 aromatic rings. The van der Waals surface area contributed by atoms with Gasteiger partial charge in [0.1, 0.15) is 19.3 Å². The minimum absolute atomic E-state index is 0.136. The zero-order valence-electron chi connectivity index (χ0n) is 18.8. The lowest BCUT2D eigenvalue weighted by Gasteiger charge is -2.15. The van der Waals surface area contributed by atoms with Gasteiger partial charge in [-0.3, -0.25) is 4.79 Å². The average Bonchev–Trinajstić information content (AvgIpc) is 3.25. The standard InChI is InChI=1S/C27H26N2O5/c1-18(30)29-23(27(31)32)14-21-15-28-25-22(21)12-13-24(33-16-19-8-4-2-5-9-19)26(25)34-17-20-10-6-3-7-11-20/h2-13,15,23,28H,14,16-17H2,1H3,(H,29,30)(H,31,32). The Kier molecular flexibility index (Phi) is 7.13. The van der Waals surface area contributed by atoms with Crippen LogP contribution in [0.4, 0.5) is 0 Å². The number of carbonyl (C=O) groups is 2. The van der Waals surface area contributed by atoms with Crippen LogP contribution in [0.5, 0.6) is 11.5 Å². The van der Waals surface area contributed by atoms with E-state index in [0.29, 0.717) is 30.2 Å². The lowest BCUT2D eigenvalue weighted by molar-refractivity contribution is -0.141. The van der Waals surface area contributed by atoms with E-state index >= 15 is 0 Å². The van der Waals surface area contributed by atoms with Crippen LogP contribution in [-0.4, -0.2) is 28.0 Å². The Labute approximate surface area is 197 Å². The Morgan fingerprint density at radius 3 is 2.12 bits per heavy atom. The van der Waals surface area contributed by atoms with Crippen molar-refractivity contribution in [1.82, 2.24) is 10.3 Å². The Balaban J connectivity index is 1.65. The number of aromatic amines is 1. The molecule has 34 heavy (non-hydrogen) atoms. The summed E-state index contributed by atoms with van der Waals surface area (Å²) in [4.78, 5) is 26.3. The Bertz CT molecular complexity index is 1270. The molecular formula is C27H26N2O5. The molecule has 1 heterocycles. The number of carboxylic acids is 1. The molecule has 1 amide bonds. The van der Waals surface area contributed by atoms with Crippen LogP contribution >= 0.6 is 0 Å². The molecule has 7 nitrogen and oxygen atoms in total. The number of aliphatic carboxylic acids is 1. The van der Waals surface area contributed by atoms with E-state index in [0.717, 1.165) is 22.1 Å². The molecule has 3 N–H and O–H groups in total. The number of H-pyrrole nitrogens is 1. The van der Waals surface area contributed by atoms with Gasteiger partial charge >= 0.3 is 5.97 Å². The second-order valence-corrected chi connectivity index (χ2v) is 7.97. The molecule has 0 aliphatic heterocycles. The lowest BCUT2D eigenvalue weighted by Crippen LogP contribution is -2.41. The number of nitrogens with one attached hydrogen (secondary N) is 2. The number of carbonyl (C=O) groups excluding carboxylic acids is 1. The summed E-state index contributed by atoms with van der Waals surface area (Å²) in [6.45, 7) is 2.03. The molecule has 0 aliphatic carbocycles. The first-order valence-electron chi connectivity index (χ1n) is 11.0. The summed E-state index contributed by atoms with van der Waals surface area (Å²) in [7, 11) is 0. The van der Waals surface area contributed by atoms with Crippen LogP contribution in [0, 0.1) is 0 Å². The first-order chi connectivity index (χ1) is 16.5. The molecule has 0 spiro atoms. The predicted octanol–water partition coefficient (Wildman–Crippen LogP) is 4.46. The Morgan fingerprint density at radius 2 is 1.53 bits per heavy atom. The zero-order chi connectivity index (χ0) is 23.9. The maximum atomic E-state index is 11.6. The van der Waals surface area contributed by atoms with Crippen LogP contribution in [0.2, 0.25) is 0 Å². The maximum absolute atomic E-state index is 11.6. The van der Waals surface area contributed by atoms with E-state index in [-0.39, 0.29) is 6.42 Å². The molecule has 0 saturated carbocycles. The summed E-state index contributed by atoms with van der Waals surface area (Å²) in [5, 5.41) is 12.8. The molecule has 0 bridgehead atoms. The summed E-state index contributed by atoms with van der Waals surface area (Å²) in [6.07, 6.45) is 1.88. The van der Waals surface area contributed by atoms with Crippen molar-refractivity contribution in [3.63, 3.8) is 0 Å². The molecule has 1 atom stereocenters. The fraction of sp³-hybridized carbons (Fsp3) is 0.185. The van der Waals surface area contributed by atoms with Crippen LogP contribution in [0.1, 0.15) is 23.6 Å². The number of ether oxygens (including phenoxy) is 2. The van der Waals surface area contributed by atoms with Crippen molar-refractivity contribution in [2.45, 2.75) is 32.6 Å². The van der Waals surface area contributed by atoms with Gasteiger partial charge in [0, 0.05) is 24.9 Å². The smallest absolute Gasteiger partial charge is 0.326 e. The summed E-state index contributed by atoms with van der Waals surface area (Å²) in [6, 6.07) is 22.3. The third kappa shape index (κ3) is 5.56. The number of hydrogen-bond acceptors (Lipinski definition) is 4. The predicted molar refractivity (Wildman–Crippen MR) is 129 cm³/mol. The number of fused-ring (bicyclic) bond motifs is 1. The number of amides is 1. The average molecular weight is 459 g/mol. The minimum Gasteiger partial charge on any atom is -0.485 e. The fourth-order valence-electron chi connectivity index (χ4n) is 3.77. The largest absolute Gasteiger partial charge is 0.485 e. The van der Waals surface area contributed by atoms with E-state index in [2.05, 4.69) is 10.3 Å². The lowest BCUT2D eigenvalue weighted by atomic mass is 10.0. The molecule has 174 valence electrons. The van der Waals surface area contributed by atoms with Gasteiger partial charge in [-0.1, -0.05) is 60.7 Å². The van der Waals surface area contributed by atoms with Crippen molar-refractivity contribution in [3.05, 3.63) is 95.7 Å². The van der Waals surface area contributed by atoms with Crippen LogP contribution in [0.15, 0.2) is 79.0 Å². The van der Waals surface area contributed by atoms with E-state index in [1.54, 1.807) is 6.20 Å². The van der Waals surface area contributed by atoms with Crippen LogP contribution in [-0.2, 0) is 29.2 Å². The Morgan fingerprint density at radius 1 is 0.912 bits per heavy atom. The summed E-state index contributed by atoms with van der Waals surface area (Å²) in [5.74, 6) is -0.351. The van der Waals surface area contributed by atoms with E-state index < -0.39 is 17.9 Å². The highest BCUT2D eigenvalue weighted by Crippen LogP contribution is 2.38. The third-order valence-electron chi connectivity index (χ3n) is 5.42. The summed E-state index contributed by atoms with van der Waals surface area (Å²) in [5.41, 5.74) is 3.51. The second kappa shape index (κ2) is 10.6. The van der Waals surface area contributed by atoms with Crippen molar-refractivity contribution in [1.29, 1.82) is 0 Å². The summed E-state index contributed by atoms with van der Waals surface area (Å²) < 4.78 is 12.3. The molecule has 4 rings (SSSR count). The fourth-order valence-corrected chi connectivity index (χ4v) is 3.77. The van der Waals surface area contributed by atoms with Gasteiger partial charge in [-0.2, -0.15) is 0 Å². The van der Waals surface area contributed by atoms with E-state index in [1.807, 2.05) is 72.8 Å². The molecule has 7 heteroatoms. The molecule has 0 radical (unpaired) electrons. The maximum Gasteiger partial charge on any atom is 0.326 e. The van der Waals surface area contributed by atoms with Gasteiger partial charge < -0.3 is 24.9 Å². The Hall–Kier alpha value is -4.26. The first-order valence-corrected chi connectivity index (χ1v) is 11.0. The molecular weight excluding hydrogens is 432 g/mol. The number of benzene rings is 3. The second-order valence-electron chi connectivity index (χ2n) is 7.97. The highest BCUT2D eigenvalue weighted by atomic mass is 16.5. The minimum atomic E-state index is -1.09. The van der Waals surface area contributed by atoms with Gasteiger partial charge in [0.2, 0.25) is 5.91 Å². The highest BCUT2D eigenvalue weighted by Gasteiger charge is 2.22. The zero-order valence-corrected chi connectivity index (χ0v) is 18.8. The van der Waals surface area contributed by atoms with Gasteiger partial charge in [0.05, 0.1) is 5.52 Å². The van der Waals surface area contributed by atoms with Crippen LogP contribution in [0.25, 0.3) is 10.9 Å². The van der Waals surface area contributed by atoms with Crippen molar-refractivity contribution in [2.75, 3.05) is 0 Å². The number of hydrogen-bond donors (Lipinski definition) is 3. The number of aromatic nitrogens is 1. The van der Waals surface area contributed by atoms with Crippen LogP contribution in [0.3, 0.4) is 0 Å². The molecule has 3 aromatic carbocycles. The van der Waals surface area contributed by atoms with Crippen molar-refractivity contribution in [3.8, 4) is 11.5 Å². The molecule has 0 fully saturated rings. The van der Waals surface area contributed by atoms with Crippen LogP contribution < -0.4 is 14.8 Å². The third-order valence-corrected chi connectivity index (χ3v) is 5.42. The molecule has 0 aliphatic rings. The monoisotopic (exact) mass is 458 g/mol. The number of carboxylic acid groups (broad SMARTS) is 1. The van der Waals surface area contributed by atoms with E-state index in [1.165, 1.54) is 6.92 Å².